The predicted molar refractivity (Wildman–Crippen MR) is 120 cm³/mol. The standard InChI is InChI=1S/C26H26N2O/c1-18-13-14-21(15-19(18)2)27-26(29)16-23(20-9-5-4-6-10-20)24-17-28(3)25-12-8-7-11-22(24)25/h4-15,17,23H,16H2,1-3H3,(H,27,29). The van der Waals surface area contributed by atoms with Gasteiger partial charge in [0, 0.05) is 42.2 Å². The van der Waals surface area contributed by atoms with Crippen LogP contribution in [0.5, 0.6) is 0 Å². The predicted octanol–water partition coefficient (Wildman–Crippen LogP) is 5.96. The molecule has 1 aromatic heterocycles. The molecule has 1 atom stereocenters. The molecule has 0 aliphatic carbocycles. The van der Waals surface area contributed by atoms with Gasteiger partial charge in [-0.3, -0.25) is 4.79 Å². The first-order chi connectivity index (χ1) is 14.0. The highest BCUT2D eigenvalue weighted by Gasteiger charge is 2.22. The van der Waals surface area contributed by atoms with Gasteiger partial charge in [0.25, 0.3) is 0 Å². The van der Waals surface area contributed by atoms with Gasteiger partial charge in [0.2, 0.25) is 5.91 Å². The summed E-state index contributed by atoms with van der Waals surface area (Å²) in [7, 11) is 2.06. The lowest BCUT2D eigenvalue weighted by atomic mass is 9.88. The zero-order chi connectivity index (χ0) is 20.4. The van der Waals surface area contributed by atoms with E-state index < -0.39 is 0 Å². The normalized spacial score (nSPS) is 12.1. The highest BCUT2D eigenvalue weighted by Crippen LogP contribution is 2.34. The van der Waals surface area contributed by atoms with Crippen molar-refractivity contribution in [2.24, 2.45) is 7.05 Å². The van der Waals surface area contributed by atoms with E-state index in [2.05, 4.69) is 73.4 Å². The summed E-state index contributed by atoms with van der Waals surface area (Å²) in [4.78, 5) is 13.0. The Morgan fingerprint density at radius 1 is 0.931 bits per heavy atom. The number of benzene rings is 3. The van der Waals surface area contributed by atoms with Crippen molar-refractivity contribution in [2.75, 3.05) is 5.32 Å². The van der Waals surface area contributed by atoms with E-state index in [4.69, 9.17) is 0 Å². The number of nitrogens with zero attached hydrogens (tertiary/aromatic N) is 1. The first-order valence-electron chi connectivity index (χ1n) is 9.99. The second kappa shape index (κ2) is 7.96. The van der Waals surface area contributed by atoms with Gasteiger partial charge in [-0.25, -0.2) is 0 Å². The summed E-state index contributed by atoms with van der Waals surface area (Å²) in [5.41, 5.74) is 6.77. The summed E-state index contributed by atoms with van der Waals surface area (Å²) in [5, 5.41) is 4.29. The van der Waals surface area contributed by atoms with Crippen molar-refractivity contribution >= 4 is 22.5 Å². The molecule has 146 valence electrons. The fourth-order valence-electron chi connectivity index (χ4n) is 3.96. The summed E-state index contributed by atoms with van der Waals surface area (Å²) in [6.07, 6.45) is 2.55. The van der Waals surface area contributed by atoms with Crippen molar-refractivity contribution in [3.8, 4) is 0 Å². The number of carbonyl (C=O) groups excluding carboxylic acids is 1. The third-order valence-corrected chi connectivity index (χ3v) is 5.69. The first kappa shape index (κ1) is 19.0. The van der Waals surface area contributed by atoms with Crippen LogP contribution in [-0.4, -0.2) is 10.5 Å². The molecule has 0 radical (unpaired) electrons. The second-order valence-corrected chi connectivity index (χ2v) is 7.73. The molecule has 3 heteroatoms. The third kappa shape index (κ3) is 3.95. The lowest BCUT2D eigenvalue weighted by molar-refractivity contribution is -0.116. The Balaban J connectivity index is 1.68. The quantitative estimate of drug-likeness (QED) is 0.454. The monoisotopic (exact) mass is 382 g/mol. The lowest BCUT2D eigenvalue weighted by Gasteiger charge is -2.17. The van der Waals surface area contributed by atoms with Crippen molar-refractivity contribution in [1.29, 1.82) is 0 Å². The number of hydrogen-bond acceptors (Lipinski definition) is 1. The third-order valence-electron chi connectivity index (χ3n) is 5.69. The van der Waals surface area contributed by atoms with E-state index in [9.17, 15) is 4.79 Å². The Labute approximate surface area is 172 Å². The number of nitrogens with one attached hydrogen (secondary N) is 1. The molecule has 0 fully saturated rings. The minimum atomic E-state index is -0.00570. The van der Waals surface area contributed by atoms with Crippen LogP contribution in [0.3, 0.4) is 0 Å². The minimum absolute atomic E-state index is 0.00570. The van der Waals surface area contributed by atoms with Crippen LogP contribution in [0, 0.1) is 13.8 Å². The number of amides is 1. The molecule has 0 aliphatic heterocycles. The average molecular weight is 383 g/mol. The Kier molecular flexibility index (Phi) is 5.22. The fraction of sp³-hybridized carbons (Fsp3) is 0.192. The SMILES string of the molecule is Cc1ccc(NC(=O)CC(c2ccccc2)c2cn(C)c3ccccc23)cc1C. The molecule has 1 amide bonds. The summed E-state index contributed by atoms with van der Waals surface area (Å²) in [5.74, 6) is 0.0175. The number of anilines is 1. The van der Waals surface area contributed by atoms with Crippen molar-refractivity contribution in [1.82, 2.24) is 4.57 Å². The second-order valence-electron chi connectivity index (χ2n) is 7.73. The van der Waals surface area contributed by atoms with Crippen LogP contribution in [0.1, 0.15) is 34.6 Å². The van der Waals surface area contributed by atoms with E-state index in [1.165, 1.54) is 27.6 Å². The van der Waals surface area contributed by atoms with Crippen molar-refractivity contribution in [3.63, 3.8) is 0 Å². The first-order valence-corrected chi connectivity index (χ1v) is 9.99. The van der Waals surface area contributed by atoms with Gasteiger partial charge in [0.15, 0.2) is 0 Å². The van der Waals surface area contributed by atoms with E-state index in [0.29, 0.717) is 6.42 Å². The topological polar surface area (TPSA) is 34.0 Å². The molecule has 3 nitrogen and oxygen atoms in total. The van der Waals surface area contributed by atoms with Crippen LogP contribution < -0.4 is 5.32 Å². The van der Waals surface area contributed by atoms with E-state index in [1.54, 1.807) is 0 Å². The van der Waals surface area contributed by atoms with Crippen LogP contribution in [0.4, 0.5) is 5.69 Å². The average Bonchev–Trinajstić information content (AvgIpc) is 3.06. The van der Waals surface area contributed by atoms with Crippen LogP contribution in [0.2, 0.25) is 0 Å². The summed E-state index contributed by atoms with van der Waals surface area (Å²) in [6.45, 7) is 4.14. The smallest absolute Gasteiger partial charge is 0.225 e. The number of aryl methyl sites for hydroxylation is 3. The van der Waals surface area contributed by atoms with Crippen molar-refractivity contribution in [2.45, 2.75) is 26.2 Å². The Bertz CT molecular complexity index is 1160. The van der Waals surface area contributed by atoms with E-state index in [0.717, 1.165) is 11.3 Å². The molecule has 0 bridgehead atoms. The van der Waals surface area contributed by atoms with Gasteiger partial charge in [-0.1, -0.05) is 54.6 Å². The number of rotatable bonds is 5. The molecule has 3 aromatic carbocycles. The van der Waals surface area contributed by atoms with Crippen molar-refractivity contribution in [3.05, 3.63) is 101 Å². The maximum absolute atomic E-state index is 13.0. The van der Waals surface area contributed by atoms with Crippen molar-refractivity contribution < 1.29 is 4.79 Å². The molecule has 4 rings (SSSR count). The van der Waals surface area contributed by atoms with E-state index in [1.807, 2.05) is 36.4 Å². The van der Waals surface area contributed by atoms with Gasteiger partial charge in [0.1, 0.15) is 0 Å². The Morgan fingerprint density at radius 2 is 1.66 bits per heavy atom. The molecule has 0 saturated carbocycles. The number of hydrogen-bond donors (Lipinski definition) is 1. The van der Waals surface area contributed by atoms with Gasteiger partial charge >= 0.3 is 0 Å². The molecule has 4 aromatic rings. The molecule has 1 unspecified atom stereocenters. The Hall–Kier alpha value is -3.33. The largest absolute Gasteiger partial charge is 0.350 e. The molecule has 1 N–H and O–H groups in total. The molecular weight excluding hydrogens is 356 g/mol. The maximum atomic E-state index is 13.0. The maximum Gasteiger partial charge on any atom is 0.225 e. The van der Waals surface area contributed by atoms with Crippen LogP contribution >= 0.6 is 0 Å². The summed E-state index contributed by atoms with van der Waals surface area (Å²) in [6, 6.07) is 24.7. The highest BCUT2D eigenvalue weighted by molar-refractivity contribution is 5.93. The molecule has 0 spiro atoms. The number of fused-ring (bicyclic) bond motifs is 1. The summed E-state index contributed by atoms with van der Waals surface area (Å²) >= 11 is 0. The highest BCUT2D eigenvalue weighted by atomic mass is 16.1. The molecular formula is C26H26N2O. The fourth-order valence-corrected chi connectivity index (χ4v) is 3.96. The molecule has 1 heterocycles. The van der Waals surface area contributed by atoms with E-state index >= 15 is 0 Å². The van der Waals surface area contributed by atoms with Crippen LogP contribution in [0.15, 0.2) is 79.0 Å². The number of aromatic nitrogens is 1. The number of para-hydroxylation sites is 1. The molecule has 0 aliphatic rings. The minimum Gasteiger partial charge on any atom is -0.350 e. The van der Waals surface area contributed by atoms with Gasteiger partial charge < -0.3 is 9.88 Å². The van der Waals surface area contributed by atoms with Crippen LogP contribution in [0.25, 0.3) is 10.9 Å². The van der Waals surface area contributed by atoms with Crippen LogP contribution in [-0.2, 0) is 11.8 Å². The van der Waals surface area contributed by atoms with Gasteiger partial charge in [0.05, 0.1) is 0 Å². The zero-order valence-corrected chi connectivity index (χ0v) is 17.1. The van der Waals surface area contributed by atoms with E-state index in [-0.39, 0.29) is 11.8 Å². The lowest BCUT2D eigenvalue weighted by Crippen LogP contribution is -2.16. The van der Waals surface area contributed by atoms with Gasteiger partial charge in [-0.15, -0.1) is 0 Å². The van der Waals surface area contributed by atoms with Gasteiger partial charge in [-0.05, 0) is 54.3 Å². The van der Waals surface area contributed by atoms with Gasteiger partial charge in [-0.2, -0.15) is 0 Å². The number of carbonyl (C=O) groups is 1. The molecule has 0 saturated heterocycles. The Morgan fingerprint density at radius 3 is 2.41 bits per heavy atom. The summed E-state index contributed by atoms with van der Waals surface area (Å²) < 4.78 is 2.14. The molecule has 29 heavy (non-hydrogen) atoms. The zero-order valence-electron chi connectivity index (χ0n) is 17.1.